The van der Waals surface area contributed by atoms with Gasteiger partial charge in [0.05, 0.1) is 15.5 Å². The summed E-state index contributed by atoms with van der Waals surface area (Å²) in [5, 5.41) is 13.0. The van der Waals surface area contributed by atoms with Crippen LogP contribution in [0.4, 0.5) is 10.1 Å². The number of nitrogens with zero attached hydrogens (tertiary/aromatic N) is 1. The molecular weight excluding hydrogens is 223 g/mol. The Balaban J connectivity index is 3.28. The molecule has 0 bridgehead atoms. The number of nitrogens with one attached hydrogen (secondary N) is 1. The molecule has 0 radical (unpaired) electrons. The molecule has 4 nitrogen and oxygen atoms in total. The van der Waals surface area contributed by atoms with E-state index in [4.69, 9.17) is 11.6 Å². The van der Waals surface area contributed by atoms with Crippen molar-refractivity contribution in [1.82, 2.24) is 5.32 Å². The lowest BCUT2D eigenvalue weighted by molar-refractivity contribution is -0.385. The van der Waals surface area contributed by atoms with Gasteiger partial charge in [0.1, 0.15) is 5.82 Å². The maximum Gasteiger partial charge on any atom is 0.278 e. The standard InChI is InChI=1S/C9H8ClFN2O2/c1-12-3-2-6-4-8(11)7(10)5-9(6)13(14)15/h2-5,12H,1H3. The summed E-state index contributed by atoms with van der Waals surface area (Å²) in [6.45, 7) is 0. The third kappa shape index (κ3) is 2.66. The van der Waals surface area contributed by atoms with E-state index in [-0.39, 0.29) is 16.3 Å². The van der Waals surface area contributed by atoms with Crippen LogP contribution in [0.2, 0.25) is 5.02 Å². The third-order valence-corrected chi connectivity index (χ3v) is 1.99. The Kier molecular flexibility index (Phi) is 3.62. The van der Waals surface area contributed by atoms with Crippen molar-refractivity contribution in [2.24, 2.45) is 0 Å². The molecule has 0 aliphatic carbocycles. The van der Waals surface area contributed by atoms with Crippen LogP contribution < -0.4 is 5.32 Å². The van der Waals surface area contributed by atoms with E-state index in [1.165, 1.54) is 12.3 Å². The molecule has 1 rings (SSSR count). The van der Waals surface area contributed by atoms with Gasteiger partial charge in [0.15, 0.2) is 0 Å². The van der Waals surface area contributed by atoms with Gasteiger partial charge in [0.2, 0.25) is 0 Å². The Hall–Kier alpha value is -1.62. The number of halogens is 2. The van der Waals surface area contributed by atoms with Gasteiger partial charge >= 0.3 is 0 Å². The Bertz CT molecular complexity index is 421. The van der Waals surface area contributed by atoms with Crippen LogP contribution in [-0.2, 0) is 0 Å². The summed E-state index contributed by atoms with van der Waals surface area (Å²) in [7, 11) is 1.63. The third-order valence-electron chi connectivity index (χ3n) is 1.70. The zero-order chi connectivity index (χ0) is 11.4. The largest absolute Gasteiger partial charge is 0.394 e. The minimum atomic E-state index is -0.682. The van der Waals surface area contributed by atoms with Crippen LogP contribution in [0.1, 0.15) is 5.56 Å². The van der Waals surface area contributed by atoms with E-state index < -0.39 is 10.7 Å². The SMILES string of the molecule is CNC=Cc1cc(F)c(Cl)cc1[N+](=O)[O-]. The highest BCUT2D eigenvalue weighted by atomic mass is 35.5. The fraction of sp³-hybridized carbons (Fsp3) is 0.111. The fourth-order valence-electron chi connectivity index (χ4n) is 1.02. The van der Waals surface area contributed by atoms with Gasteiger partial charge < -0.3 is 5.32 Å². The normalized spacial score (nSPS) is 10.6. The first kappa shape index (κ1) is 11.5. The quantitative estimate of drug-likeness (QED) is 0.641. The molecule has 0 atom stereocenters. The van der Waals surface area contributed by atoms with Gasteiger partial charge in [-0.1, -0.05) is 11.6 Å². The van der Waals surface area contributed by atoms with E-state index in [0.29, 0.717) is 0 Å². The van der Waals surface area contributed by atoms with Crippen LogP contribution in [0, 0.1) is 15.9 Å². The number of hydrogen-bond donors (Lipinski definition) is 1. The van der Waals surface area contributed by atoms with Crippen molar-refractivity contribution in [2.45, 2.75) is 0 Å². The summed E-state index contributed by atoms with van der Waals surface area (Å²) < 4.78 is 13.0. The van der Waals surface area contributed by atoms with Crippen LogP contribution >= 0.6 is 11.6 Å². The van der Waals surface area contributed by atoms with E-state index in [2.05, 4.69) is 5.32 Å². The van der Waals surface area contributed by atoms with E-state index in [9.17, 15) is 14.5 Å². The molecule has 0 aromatic heterocycles. The van der Waals surface area contributed by atoms with E-state index >= 15 is 0 Å². The van der Waals surface area contributed by atoms with E-state index in [1.54, 1.807) is 7.05 Å². The molecule has 1 aromatic rings. The summed E-state index contributed by atoms with van der Waals surface area (Å²) >= 11 is 5.44. The Morgan fingerprint density at radius 2 is 2.27 bits per heavy atom. The molecule has 0 saturated carbocycles. The molecule has 0 heterocycles. The highest BCUT2D eigenvalue weighted by Crippen LogP contribution is 2.26. The maximum absolute atomic E-state index is 13.0. The monoisotopic (exact) mass is 230 g/mol. The summed E-state index contributed by atoms with van der Waals surface area (Å²) in [6.07, 6.45) is 2.87. The van der Waals surface area contributed by atoms with Crippen LogP contribution in [0.3, 0.4) is 0 Å². The average Bonchev–Trinajstić information content (AvgIpc) is 2.19. The summed E-state index contributed by atoms with van der Waals surface area (Å²) in [5.41, 5.74) is -0.0656. The highest BCUT2D eigenvalue weighted by molar-refractivity contribution is 6.31. The predicted octanol–water partition coefficient (Wildman–Crippen LogP) is 2.58. The first-order chi connectivity index (χ1) is 7.06. The number of rotatable bonds is 3. The van der Waals surface area contributed by atoms with Crippen LogP contribution in [0.25, 0.3) is 6.08 Å². The fourth-order valence-corrected chi connectivity index (χ4v) is 1.17. The molecule has 0 aliphatic rings. The zero-order valence-electron chi connectivity index (χ0n) is 7.83. The Labute approximate surface area is 90.5 Å². The molecule has 0 aliphatic heterocycles. The number of nitro benzene ring substituents is 1. The van der Waals surface area contributed by atoms with Crippen molar-refractivity contribution in [3.8, 4) is 0 Å². The second kappa shape index (κ2) is 4.75. The second-order valence-electron chi connectivity index (χ2n) is 2.70. The van der Waals surface area contributed by atoms with Gasteiger partial charge in [-0.15, -0.1) is 0 Å². The first-order valence-corrected chi connectivity index (χ1v) is 4.41. The zero-order valence-corrected chi connectivity index (χ0v) is 8.58. The molecule has 0 amide bonds. The highest BCUT2D eigenvalue weighted by Gasteiger charge is 2.15. The lowest BCUT2D eigenvalue weighted by atomic mass is 10.1. The molecule has 80 valence electrons. The maximum atomic E-state index is 13.0. The number of benzene rings is 1. The molecule has 0 spiro atoms. The number of nitro groups is 1. The van der Waals surface area contributed by atoms with Crippen molar-refractivity contribution in [1.29, 1.82) is 0 Å². The van der Waals surface area contributed by atoms with Gasteiger partial charge in [-0.25, -0.2) is 4.39 Å². The molecule has 0 saturated heterocycles. The van der Waals surface area contributed by atoms with Crippen molar-refractivity contribution in [2.75, 3.05) is 7.05 Å². The molecule has 1 aromatic carbocycles. The van der Waals surface area contributed by atoms with Gasteiger partial charge in [-0.05, 0) is 18.3 Å². The average molecular weight is 231 g/mol. The number of hydrogen-bond acceptors (Lipinski definition) is 3. The topological polar surface area (TPSA) is 55.2 Å². The van der Waals surface area contributed by atoms with Crippen LogP contribution in [0.15, 0.2) is 18.3 Å². The molecule has 0 fully saturated rings. The van der Waals surface area contributed by atoms with Gasteiger partial charge in [0, 0.05) is 13.1 Å². The van der Waals surface area contributed by atoms with Gasteiger partial charge in [0.25, 0.3) is 5.69 Å². The lowest BCUT2D eigenvalue weighted by Gasteiger charge is -1.99. The Morgan fingerprint density at radius 3 is 2.80 bits per heavy atom. The molecule has 6 heteroatoms. The van der Waals surface area contributed by atoms with Crippen LogP contribution in [0.5, 0.6) is 0 Å². The van der Waals surface area contributed by atoms with Crippen molar-refractivity contribution in [3.63, 3.8) is 0 Å². The predicted molar refractivity (Wildman–Crippen MR) is 56.2 cm³/mol. The first-order valence-electron chi connectivity index (χ1n) is 4.03. The summed E-state index contributed by atoms with van der Waals surface area (Å²) in [6, 6.07) is 2.01. The lowest BCUT2D eigenvalue weighted by Crippen LogP contribution is -1.95. The van der Waals surface area contributed by atoms with Crippen LogP contribution in [-0.4, -0.2) is 12.0 Å². The second-order valence-corrected chi connectivity index (χ2v) is 3.11. The van der Waals surface area contributed by atoms with Crippen molar-refractivity contribution >= 4 is 23.4 Å². The van der Waals surface area contributed by atoms with E-state index in [0.717, 1.165) is 12.1 Å². The minimum absolute atomic E-state index is 0.163. The molecular formula is C9H8ClFN2O2. The van der Waals surface area contributed by atoms with E-state index in [1.807, 2.05) is 0 Å². The molecule has 0 unspecified atom stereocenters. The van der Waals surface area contributed by atoms with Crippen molar-refractivity contribution in [3.05, 3.63) is 44.9 Å². The molecule has 15 heavy (non-hydrogen) atoms. The summed E-state index contributed by atoms with van der Waals surface area (Å²) in [4.78, 5) is 10.0. The minimum Gasteiger partial charge on any atom is -0.394 e. The van der Waals surface area contributed by atoms with Crippen molar-refractivity contribution < 1.29 is 9.31 Å². The summed E-state index contributed by atoms with van der Waals surface area (Å²) in [5.74, 6) is -0.682. The smallest absolute Gasteiger partial charge is 0.278 e. The Morgan fingerprint density at radius 1 is 1.60 bits per heavy atom. The molecule has 1 N–H and O–H groups in total. The van der Waals surface area contributed by atoms with Gasteiger partial charge in [-0.3, -0.25) is 10.1 Å². The van der Waals surface area contributed by atoms with Gasteiger partial charge in [-0.2, -0.15) is 0 Å².